The van der Waals surface area contributed by atoms with Crippen molar-refractivity contribution in [3.05, 3.63) is 101 Å². The molecular weight excluding hydrogens is 484 g/mol. The highest BCUT2D eigenvalue weighted by atomic mass is 19.4. The highest BCUT2D eigenvalue weighted by molar-refractivity contribution is 5.96. The van der Waals surface area contributed by atoms with Crippen LogP contribution in [0.15, 0.2) is 72.8 Å². The quantitative estimate of drug-likeness (QED) is 0.315. The second-order valence-electron chi connectivity index (χ2n) is 10.5. The SMILES string of the molecule is O=C(NC[C@@H](Cc1ccc(F)cc1)C12CC(NCc3cccc(C(F)(F)F)c3)(C1)C2)c1ccccc1O. The van der Waals surface area contributed by atoms with Crippen molar-refractivity contribution in [2.75, 3.05) is 6.54 Å². The molecule has 3 aromatic rings. The van der Waals surface area contributed by atoms with Crippen molar-refractivity contribution >= 4 is 5.91 Å². The normalized spacial score (nSPS) is 23.0. The summed E-state index contributed by atoms with van der Waals surface area (Å²) in [5.74, 6) is -0.661. The van der Waals surface area contributed by atoms with Gasteiger partial charge in [-0.05, 0) is 78.5 Å². The molecule has 6 rings (SSSR count). The molecule has 3 saturated carbocycles. The molecule has 3 aliphatic rings. The summed E-state index contributed by atoms with van der Waals surface area (Å²) < 4.78 is 52.6. The Kier molecular flexibility index (Phi) is 6.48. The first-order valence-electron chi connectivity index (χ1n) is 12.3. The lowest BCUT2D eigenvalue weighted by atomic mass is 9.35. The zero-order valence-electron chi connectivity index (χ0n) is 20.1. The van der Waals surface area contributed by atoms with Crippen LogP contribution in [0.25, 0.3) is 0 Å². The van der Waals surface area contributed by atoms with E-state index in [4.69, 9.17) is 0 Å². The molecule has 194 valence electrons. The van der Waals surface area contributed by atoms with E-state index in [9.17, 15) is 27.5 Å². The lowest BCUT2D eigenvalue weighted by Gasteiger charge is -2.74. The molecule has 0 aliphatic heterocycles. The van der Waals surface area contributed by atoms with Crippen molar-refractivity contribution in [2.24, 2.45) is 11.3 Å². The van der Waals surface area contributed by atoms with Gasteiger partial charge in [-0.2, -0.15) is 13.2 Å². The molecule has 37 heavy (non-hydrogen) atoms. The summed E-state index contributed by atoms with van der Waals surface area (Å²) in [6, 6.07) is 18.1. The molecule has 0 radical (unpaired) electrons. The number of aromatic hydroxyl groups is 1. The largest absolute Gasteiger partial charge is 0.507 e. The van der Waals surface area contributed by atoms with Crippen LogP contribution in [-0.2, 0) is 19.1 Å². The van der Waals surface area contributed by atoms with E-state index in [-0.39, 0.29) is 39.9 Å². The fraction of sp³-hybridized carbons (Fsp3) is 0.345. The minimum atomic E-state index is -4.37. The van der Waals surface area contributed by atoms with Gasteiger partial charge in [0.1, 0.15) is 11.6 Å². The molecule has 3 N–H and O–H groups in total. The van der Waals surface area contributed by atoms with Crippen molar-refractivity contribution in [1.82, 2.24) is 10.6 Å². The minimum absolute atomic E-state index is 0.0127. The standard InChI is InChI=1S/C29H28F4N2O2/c30-23-10-8-19(9-11-23)12-22(15-34-26(37)24-6-1-2-7-25(24)36)27-16-28(17-27,18-27)35-14-20-4-3-5-21(13-20)29(31,32)33/h1-11,13,22,35-36H,12,14-18H2,(H,34,37)/t22-,27?,28?/m1/s1. The van der Waals surface area contributed by atoms with E-state index in [2.05, 4.69) is 10.6 Å². The van der Waals surface area contributed by atoms with E-state index in [1.54, 1.807) is 36.4 Å². The topological polar surface area (TPSA) is 61.4 Å². The predicted molar refractivity (Wildman–Crippen MR) is 131 cm³/mol. The Morgan fingerprint density at radius 2 is 1.65 bits per heavy atom. The average molecular weight is 513 g/mol. The monoisotopic (exact) mass is 512 g/mol. The van der Waals surface area contributed by atoms with Crippen LogP contribution >= 0.6 is 0 Å². The number of amides is 1. The summed E-state index contributed by atoms with van der Waals surface area (Å²) in [4.78, 5) is 12.7. The van der Waals surface area contributed by atoms with Gasteiger partial charge >= 0.3 is 6.18 Å². The van der Waals surface area contributed by atoms with Gasteiger partial charge in [-0.25, -0.2) is 4.39 Å². The van der Waals surface area contributed by atoms with Gasteiger partial charge in [-0.3, -0.25) is 4.79 Å². The van der Waals surface area contributed by atoms with E-state index < -0.39 is 11.7 Å². The lowest BCUT2D eigenvalue weighted by molar-refractivity contribution is -0.190. The Labute approximate surface area is 212 Å². The van der Waals surface area contributed by atoms with Gasteiger partial charge in [0, 0.05) is 18.6 Å². The maximum atomic E-state index is 13.4. The Morgan fingerprint density at radius 3 is 2.32 bits per heavy atom. The Bertz CT molecular complexity index is 1270. The molecule has 0 unspecified atom stereocenters. The maximum Gasteiger partial charge on any atom is 0.416 e. The van der Waals surface area contributed by atoms with Gasteiger partial charge in [0.15, 0.2) is 0 Å². The summed E-state index contributed by atoms with van der Waals surface area (Å²) >= 11 is 0. The van der Waals surface area contributed by atoms with Crippen LogP contribution in [0, 0.1) is 17.2 Å². The molecule has 1 amide bonds. The number of hydrogen-bond acceptors (Lipinski definition) is 3. The Hall–Kier alpha value is -3.39. The summed E-state index contributed by atoms with van der Waals surface area (Å²) in [5.41, 5.74) is 0.989. The molecule has 1 atom stereocenters. The summed E-state index contributed by atoms with van der Waals surface area (Å²) in [5, 5.41) is 16.4. The summed E-state index contributed by atoms with van der Waals surface area (Å²) in [6.45, 7) is 0.751. The fourth-order valence-electron chi connectivity index (χ4n) is 6.02. The predicted octanol–water partition coefficient (Wildman–Crippen LogP) is 5.85. The third kappa shape index (κ3) is 5.21. The molecule has 2 bridgehead atoms. The van der Waals surface area contributed by atoms with Gasteiger partial charge in [-0.1, -0.05) is 42.5 Å². The first kappa shape index (κ1) is 25.3. The third-order valence-corrected chi connectivity index (χ3v) is 7.91. The van der Waals surface area contributed by atoms with Gasteiger partial charge < -0.3 is 15.7 Å². The highest BCUT2D eigenvalue weighted by Crippen LogP contribution is 2.71. The number of phenols is 1. The van der Waals surface area contributed by atoms with Crippen molar-refractivity contribution in [3.63, 3.8) is 0 Å². The molecule has 0 saturated heterocycles. The number of carbonyl (C=O) groups is 1. The molecule has 0 aromatic heterocycles. The number of carbonyl (C=O) groups excluding carboxylic acids is 1. The van der Waals surface area contributed by atoms with Crippen LogP contribution in [-0.4, -0.2) is 23.1 Å². The van der Waals surface area contributed by atoms with Crippen molar-refractivity contribution in [1.29, 1.82) is 0 Å². The molecular formula is C29H28F4N2O2. The van der Waals surface area contributed by atoms with Gasteiger partial charge in [0.25, 0.3) is 5.91 Å². The Morgan fingerprint density at radius 1 is 0.946 bits per heavy atom. The lowest BCUT2D eigenvalue weighted by Crippen LogP contribution is -2.76. The number of rotatable bonds is 9. The summed E-state index contributed by atoms with van der Waals surface area (Å²) in [6.07, 6.45) is -1.14. The van der Waals surface area contributed by atoms with Crippen LogP contribution in [0.5, 0.6) is 5.75 Å². The molecule has 3 fully saturated rings. The first-order valence-corrected chi connectivity index (χ1v) is 12.3. The zero-order valence-corrected chi connectivity index (χ0v) is 20.1. The molecule has 0 heterocycles. The zero-order chi connectivity index (χ0) is 26.3. The van der Waals surface area contributed by atoms with Crippen LogP contribution in [0.3, 0.4) is 0 Å². The van der Waals surface area contributed by atoms with Crippen LogP contribution < -0.4 is 10.6 Å². The molecule has 3 aromatic carbocycles. The first-order chi connectivity index (χ1) is 17.6. The molecule has 8 heteroatoms. The Balaban J connectivity index is 1.24. The number of benzene rings is 3. The number of phenolic OH excluding ortho intramolecular Hbond substituents is 1. The number of nitrogens with one attached hydrogen (secondary N) is 2. The van der Waals surface area contributed by atoms with Gasteiger partial charge in [-0.15, -0.1) is 0 Å². The van der Waals surface area contributed by atoms with Crippen LogP contribution in [0.2, 0.25) is 0 Å². The van der Waals surface area contributed by atoms with E-state index in [0.717, 1.165) is 30.9 Å². The van der Waals surface area contributed by atoms with E-state index >= 15 is 0 Å². The van der Waals surface area contributed by atoms with E-state index in [1.807, 2.05) is 0 Å². The van der Waals surface area contributed by atoms with Crippen molar-refractivity contribution in [3.8, 4) is 5.75 Å². The van der Waals surface area contributed by atoms with E-state index in [1.165, 1.54) is 30.3 Å². The van der Waals surface area contributed by atoms with Crippen molar-refractivity contribution in [2.45, 2.75) is 43.9 Å². The molecule has 4 nitrogen and oxygen atoms in total. The smallest absolute Gasteiger partial charge is 0.416 e. The third-order valence-electron chi connectivity index (χ3n) is 7.91. The van der Waals surface area contributed by atoms with Crippen molar-refractivity contribution < 1.29 is 27.5 Å². The maximum absolute atomic E-state index is 13.4. The summed E-state index contributed by atoms with van der Waals surface area (Å²) in [7, 11) is 0. The second-order valence-corrected chi connectivity index (χ2v) is 10.5. The number of halogens is 4. The number of hydrogen-bond donors (Lipinski definition) is 3. The second kappa shape index (κ2) is 9.49. The van der Waals surface area contributed by atoms with E-state index in [0.29, 0.717) is 25.1 Å². The number of para-hydroxylation sites is 1. The average Bonchev–Trinajstić information content (AvgIpc) is 2.81. The molecule has 0 spiro atoms. The molecule has 3 aliphatic carbocycles. The number of alkyl halides is 3. The van der Waals surface area contributed by atoms with Gasteiger partial charge in [0.2, 0.25) is 0 Å². The van der Waals surface area contributed by atoms with Crippen LogP contribution in [0.4, 0.5) is 17.6 Å². The van der Waals surface area contributed by atoms with Gasteiger partial charge in [0.05, 0.1) is 11.1 Å². The highest BCUT2D eigenvalue weighted by Gasteiger charge is 2.69. The fourth-order valence-corrected chi connectivity index (χ4v) is 6.02. The van der Waals surface area contributed by atoms with Crippen LogP contribution in [0.1, 0.15) is 46.3 Å². The minimum Gasteiger partial charge on any atom is -0.507 e.